The Morgan fingerprint density at radius 3 is 1.65 bits per heavy atom. The summed E-state index contributed by atoms with van der Waals surface area (Å²) in [6, 6.07) is 0. The molecule has 0 aromatic heterocycles. The van der Waals surface area contributed by atoms with Crippen LogP contribution < -0.4 is 0 Å². The van der Waals surface area contributed by atoms with Crippen molar-refractivity contribution in [1.29, 1.82) is 0 Å². The zero-order valence-electron chi connectivity index (χ0n) is 30.2. The van der Waals surface area contributed by atoms with Crippen LogP contribution in [0, 0.1) is 0 Å². The summed E-state index contributed by atoms with van der Waals surface area (Å²) in [7, 11) is 0. The van der Waals surface area contributed by atoms with Crippen molar-refractivity contribution in [2.75, 3.05) is 13.2 Å². The Morgan fingerprint density at radius 2 is 1.08 bits per heavy atom. The fourth-order valence-corrected chi connectivity index (χ4v) is 4.77. The highest BCUT2D eigenvalue weighted by atomic mass is 16.6. The maximum Gasteiger partial charge on any atom is 0.305 e. The molecule has 48 heavy (non-hydrogen) atoms. The van der Waals surface area contributed by atoms with Crippen molar-refractivity contribution < 1.29 is 34.4 Å². The Hall–Kier alpha value is -2.74. The van der Waals surface area contributed by atoms with Gasteiger partial charge in [0.2, 0.25) is 0 Å². The lowest BCUT2D eigenvalue weighted by molar-refractivity contribution is -0.152. The van der Waals surface area contributed by atoms with Gasteiger partial charge in [-0.15, -0.1) is 0 Å². The van der Waals surface area contributed by atoms with E-state index in [1.54, 1.807) is 24.3 Å². The Bertz CT molecular complexity index is 931. The third-order valence-corrected chi connectivity index (χ3v) is 7.63. The minimum absolute atomic E-state index is 0.176. The lowest BCUT2D eigenvalue weighted by atomic mass is 10.0. The van der Waals surface area contributed by atoms with Crippen LogP contribution in [0.2, 0.25) is 0 Å². The molecule has 0 aliphatic heterocycles. The van der Waals surface area contributed by atoms with Gasteiger partial charge in [0.15, 0.2) is 0 Å². The summed E-state index contributed by atoms with van der Waals surface area (Å²) in [6.07, 6.45) is 40.3. The summed E-state index contributed by atoms with van der Waals surface area (Å²) in [5.41, 5.74) is 0. The van der Waals surface area contributed by atoms with Crippen molar-refractivity contribution in [3.8, 4) is 0 Å². The van der Waals surface area contributed by atoms with E-state index in [4.69, 9.17) is 9.47 Å². The van der Waals surface area contributed by atoms with Crippen molar-refractivity contribution >= 4 is 11.9 Å². The van der Waals surface area contributed by atoms with Crippen LogP contribution in [0.25, 0.3) is 0 Å². The molecule has 3 atom stereocenters. The molecule has 0 spiro atoms. The van der Waals surface area contributed by atoms with Gasteiger partial charge in [0.25, 0.3) is 0 Å². The Labute approximate surface area is 292 Å². The van der Waals surface area contributed by atoms with Gasteiger partial charge in [-0.1, -0.05) is 164 Å². The van der Waals surface area contributed by atoms with E-state index in [0.29, 0.717) is 25.7 Å². The molecule has 274 valence electrons. The van der Waals surface area contributed by atoms with E-state index in [0.717, 1.165) is 32.1 Å². The van der Waals surface area contributed by atoms with E-state index in [1.165, 1.54) is 64.2 Å². The topological polar surface area (TPSA) is 113 Å². The highest BCUT2D eigenvalue weighted by Gasteiger charge is 2.12. The smallest absolute Gasteiger partial charge is 0.305 e. The summed E-state index contributed by atoms with van der Waals surface area (Å²) in [5.74, 6) is -0.746. The molecule has 7 heteroatoms. The van der Waals surface area contributed by atoms with Crippen LogP contribution in [-0.2, 0) is 19.1 Å². The molecule has 0 aromatic rings. The van der Waals surface area contributed by atoms with Crippen molar-refractivity contribution in [2.24, 2.45) is 0 Å². The molecule has 0 amide bonds. The minimum atomic E-state index is -1.04. The van der Waals surface area contributed by atoms with Crippen LogP contribution >= 0.6 is 0 Å². The minimum Gasteiger partial charge on any atom is -0.463 e. The second-order valence-electron chi connectivity index (χ2n) is 12.4. The first-order valence-corrected chi connectivity index (χ1v) is 18.7. The predicted octanol–water partition coefficient (Wildman–Crippen LogP) is 9.33. The molecule has 0 aliphatic rings. The van der Waals surface area contributed by atoms with Crippen molar-refractivity contribution in [1.82, 2.24) is 0 Å². The molecule has 0 aromatic carbocycles. The molecular formula is C41H68O7. The summed E-state index contributed by atoms with van der Waals surface area (Å²) in [5, 5.41) is 29.8. The molecule has 0 aliphatic carbocycles. The number of hydrogen-bond acceptors (Lipinski definition) is 7. The van der Waals surface area contributed by atoms with E-state index in [1.807, 2.05) is 48.6 Å². The van der Waals surface area contributed by atoms with Gasteiger partial charge in [-0.25, -0.2) is 0 Å². The summed E-state index contributed by atoms with van der Waals surface area (Å²) < 4.78 is 10.2. The van der Waals surface area contributed by atoms with E-state index < -0.39 is 24.3 Å². The standard InChI is InChI=1S/C41H68O7/c1-3-5-7-8-9-10-11-12-13-14-18-21-27-33-40(45)47-35-39(44)36-48-41(46)34-28-22-26-32-38(43)31-25-20-17-15-16-19-24-30-37(42)29-23-6-4-2/h6,16-17,19-20,23-26,30-32,37-39,42-44H,3-5,7-15,18,21-22,27-29,33-36H2,1-2H3/b19-16-,20-17-,23-6-,30-24+,31-25+,32-26-/t37-,38-,39-/m1/s1. The lowest BCUT2D eigenvalue weighted by Crippen LogP contribution is -2.25. The van der Waals surface area contributed by atoms with Crippen LogP contribution in [0.5, 0.6) is 0 Å². The van der Waals surface area contributed by atoms with Gasteiger partial charge in [0.05, 0.1) is 12.2 Å². The number of hydrogen-bond donors (Lipinski definition) is 3. The maximum absolute atomic E-state index is 11.9. The number of allylic oxidation sites excluding steroid dienone is 8. The fourth-order valence-electron chi connectivity index (χ4n) is 4.77. The van der Waals surface area contributed by atoms with E-state index in [9.17, 15) is 24.9 Å². The fraction of sp³-hybridized carbons (Fsp3) is 0.659. The second-order valence-corrected chi connectivity index (χ2v) is 12.4. The lowest BCUT2D eigenvalue weighted by Gasteiger charge is -2.12. The number of unbranched alkanes of at least 4 members (excludes halogenated alkanes) is 13. The molecule has 0 bridgehead atoms. The molecule has 0 saturated heterocycles. The maximum atomic E-state index is 11.9. The SMILES string of the molecule is CC/C=C\C[C@@H](O)/C=C/C=C\C/C=C\C=C\[C@@H](O)/C=C\CCCC(=O)OC[C@H](O)COC(=O)CCCCCCCCCCCCCCC. The van der Waals surface area contributed by atoms with Gasteiger partial charge < -0.3 is 24.8 Å². The number of esters is 2. The van der Waals surface area contributed by atoms with Gasteiger partial charge in [0, 0.05) is 12.8 Å². The van der Waals surface area contributed by atoms with Gasteiger partial charge in [-0.2, -0.15) is 0 Å². The highest BCUT2D eigenvalue weighted by Crippen LogP contribution is 2.13. The Morgan fingerprint density at radius 1 is 0.562 bits per heavy atom. The third kappa shape index (κ3) is 34.6. The quantitative estimate of drug-likeness (QED) is 0.0282. The van der Waals surface area contributed by atoms with Gasteiger partial charge in [-0.3, -0.25) is 9.59 Å². The number of ether oxygens (including phenoxy) is 2. The summed E-state index contributed by atoms with van der Waals surface area (Å²) >= 11 is 0. The van der Waals surface area contributed by atoms with Crippen LogP contribution in [0.15, 0.2) is 72.9 Å². The van der Waals surface area contributed by atoms with Gasteiger partial charge >= 0.3 is 11.9 Å². The van der Waals surface area contributed by atoms with Crippen LogP contribution in [0.1, 0.15) is 142 Å². The van der Waals surface area contributed by atoms with Crippen molar-refractivity contribution in [2.45, 2.75) is 161 Å². The average Bonchev–Trinajstić information content (AvgIpc) is 3.07. The molecule has 3 N–H and O–H groups in total. The van der Waals surface area contributed by atoms with Crippen LogP contribution in [0.4, 0.5) is 0 Å². The number of aliphatic hydroxyl groups excluding tert-OH is 3. The molecule has 7 nitrogen and oxygen atoms in total. The average molecular weight is 673 g/mol. The van der Waals surface area contributed by atoms with E-state index >= 15 is 0 Å². The van der Waals surface area contributed by atoms with Crippen LogP contribution in [0.3, 0.4) is 0 Å². The molecular weight excluding hydrogens is 604 g/mol. The Kier molecular flexibility index (Phi) is 33.5. The monoisotopic (exact) mass is 672 g/mol. The van der Waals surface area contributed by atoms with Crippen LogP contribution in [-0.4, -0.2) is 58.8 Å². The van der Waals surface area contributed by atoms with Crippen molar-refractivity contribution in [3.05, 3.63) is 72.9 Å². The second kappa shape index (κ2) is 35.6. The zero-order chi connectivity index (χ0) is 35.3. The molecule has 0 rings (SSSR count). The first-order valence-electron chi connectivity index (χ1n) is 18.7. The number of carbonyl (C=O) groups is 2. The number of aliphatic hydroxyl groups is 3. The zero-order valence-corrected chi connectivity index (χ0v) is 30.2. The largest absolute Gasteiger partial charge is 0.463 e. The van der Waals surface area contributed by atoms with Crippen molar-refractivity contribution in [3.63, 3.8) is 0 Å². The number of rotatable bonds is 32. The normalized spacial score (nSPS) is 14.4. The first kappa shape index (κ1) is 45.3. The summed E-state index contributed by atoms with van der Waals surface area (Å²) in [6.45, 7) is 3.93. The molecule has 0 heterocycles. The van der Waals surface area contributed by atoms with E-state index in [2.05, 4.69) is 13.8 Å². The Balaban J connectivity index is 3.75. The number of carbonyl (C=O) groups excluding carboxylic acids is 2. The molecule has 0 unspecified atom stereocenters. The molecule has 0 fully saturated rings. The highest BCUT2D eigenvalue weighted by molar-refractivity contribution is 5.69. The summed E-state index contributed by atoms with van der Waals surface area (Å²) in [4.78, 5) is 23.9. The van der Waals surface area contributed by atoms with Gasteiger partial charge in [0.1, 0.15) is 19.3 Å². The molecule has 0 radical (unpaired) electrons. The van der Waals surface area contributed by atoms with Gasteiger partial charge in [-0.05, 0) is 38.5 Å². The molecule has 0 saturated carbocycles. The predicted molar refractivity (Wildman–Crippen MR) is 198 cm³/mol. The first-order chi connectivity index (χ1) is 23.4. The third-order valence-electron chi connectivity index (χ3n) is 7.63. The van der Waals surface area contributed by atoms with E-state index in [-0.39, 0.29) is 25.6 Å².